The first-order valence-corrected chi connectivity index (χ1v) is 13.3. The number of benzene rings is 1. The van der Waals surface area contributed by atoms with Crippen molar-refractivity contribution in [2.45, 2.75) is 58.7 Å². The Bertz CT molecular complexity index is 1220. The van der Waals surface area contributed by atoms with Gasteiger partial charge in [-0.25, -0.2) is 23.1 Å². The van der Waals surface area contributed by atoms with E-state index < -0.39 is 27.8 Å². The number of nitrogens with zero attached hydrogens (tertiary/aromatic N) is 2. The molecule has 3 rings (SSSR count). The molecule has 1 fully saturated rings. The van der Waals surface area contributed by atoms with Gasteiger partial charge in [0.1, 0.15) is 5.75 Å². The third kappa shape index (κ3) is 7.78. The summed E-state index contributed by atoms with van der Waals surface area (Å²) in [4.78, 5) is 20.1. The molecule has 37 heavy (non-hydrogen) atoms. The van der Waals surface area contributed by atoms with Gasteiger partial charge in [-0.15, -0.1) is 0 Å². The van der Waals surface area contributed by atoms with E-state index in [2.05, 4.69) is 25.3 Å². The second-order valence-corrected chi connectivity index (χ2v) is 10.6. The van der Waals surface area contributed by atoms with Crippen LogP contribution in [0.25, 0.3) is 0 Å². The fraction of sp³-hybridized carbons (Fsp3) is 0.542. The van der Waals surface area contributed by atoms with Crippen LogP contribution in [-0.4, -0.2) is 50.7 Å². The van der Waals surface area contributed by atoms with Gasteiger partial charge in [-0.05, 0) is 49.8 Å². The van der Waals surface area contributed by atoms with Gasteiger partial charge >= 0.3 is 6.18 Å². The Hall–Kier alpha value is -2.93. The molecule has 1 aromatic carbocycles. The van der Waals surface area contributed by atoms with E-state index in [4.69, 9.17) is 4.74 Å². The molecule has 2 atom stereocenters. The number of aromatic nitrogens is 2. The van der Waals surface area contributed by atoms with Gasteiger partial charge in [-0.3, -0.25) is 4.79 Å². The summed E-state index contributed by atoms with van der Waals surface area (Å²) in [7, 11) is -0.616. The van der Waals surface area contributed by atoms with Gasteiger partial charge in [0.15, 0.2) is 0 Å². The fourth-order valence-corrected chi connectivity index (χ4v) is 5.31. The van der Waals surface area contributed by atoms with E-state index in [9.17, 15) is 26.4 Å². The molecule has 0 unspecified atom stereocenters. The number of hydrogen-bond acceptors (Lipinski definition) is 7. The first kappa shape index (κ1) is 30.3. The zero-order valence-corrected chi connectivity index (χ0v) is 21.3. The third-order valence-electron chi connectivity index (χ3n) is 6.17. The molecule has 0 spiro atoms. The Kier molecular flexibility index (Phi) is 9.89. The molecule has 13 heteroatoms. The van der Waals surface area contributed by atoms with Gasteiger partial charge in [-0.2, -0.15) is 13.2 Å². The van der Waals surface area contributed by atoms with E-state index >= 15 is 0 Å². The van der Waals surface area contributed by atoms with E-state index in [1.54, 1.807) is 13.0 Å². The maximum absolute atomic E-state index is 13.8. The highest BCUT2D eigenvalue weighted by Crippen LogP contribution is 2.36. The molecular weight excluding hydrogens is 511 g/mol. The van der Waals surface area contributed by atoms with Crippen molar-refractivity contribution in [3.05, 3.63) is 40.7 Å². The lowest BCUT2D eigenvalue weighted by atomic mass is 9.81. The molecule has 0 bridgehead atoms. The van der Waals surface area contributed by atoms with Crippen molar-refractivity contribution in [3.63, 3.8) is 0 Å². The molecule has 1 aliphatic carbocycles. The van der Waals surface area contributed by atoms with Crippen molar-refractivity contribution in [1.29, 1.82) is 0 Å². The van der Waals surface area contributed by atoms with Gasteiger partial charge in [0, 0.05) is 24.8 Å². The first-order valence-electron chi connectivity index (χ1n) is 11.4. The standard InChI is InChI=1S/C23H30F3N5O4S.CH4/c1-13-9-19(20(35-3)11-15(13)21(32)27-2)30-22-28-12-16(23(24,25)26)18(29-22)10-14-7-5-6-8-17(14)31-36(4,33)34;/h9,11-12,14,17,31H,5-8,10H2,1-4H3,(H,27,32)(H,28,29,30);1H4/t14-,17+;/m0./s1. The lowest BCUT2D eigenvalue weighted by Crippen LogP contribution is -2.42. The monoisotopic (exact) mass is 545 g/mol. The zero-order valence-electron chi connectivity index (χ0n) is 20.5. The molecule has 1 amide bonds. The minimum Gasteiger partial charge on any atom is -0.495 e. The number of amides is 1. The molecule has 1 aromatic heterocycles. The minimum atomic E-state index is -4.67. The summed E-state index contributed by atoms with van der Waals surface area (Å²) in [6, 6.07) is 2.67. The summed E-state index contributed by atoms with van der Waals surface area (Å²) in [6.45, 7) is 1.71. The quantitative estimate of drug-likeness (QED) is 0.454. The number of carbonyl (C=O) groups is 1. The number of rotatable bonds is 8. The van der Waals surface area contributed by atoms with E-state index in [1.807, 2.05) is 0 Å². The Morgan fingerprint density at radius 2 is 1.89 bits per heavy atom. The summed E-state index contributed by atoms with van der Waals surface area (Å²) in [5.41, 5.74) is 0.194. The molecular formula is C24H34F3N5O4S. The highest BCUT2D eigenvalue weighted by atomic mass is 32.2. The van der Waals surface area contributed by atoms with E-state index in [1.165, 1.54) is 20.2 Å². The summed E-state index contributed by atoms with van der Waals surface area (Å²) in [5, 5.41) is 5.43. The van der Waals surface area contributed by atoms with Crippen LogP contribution in [0, 0.1) is 12.8 Å². The summed E-state index contributed by atoms with van der Waals surface area (Å²) in [5.74, 6) is -0.447. The maximum atomic E-state index is 13.8. The molecule has 3 N–H and O–H groups in total. The lowest BCUT2D eigenvalue weighted by Gasteiger charge is -2.32. The average Bonchev–Trinajstić information content (AvgIpc) is 2.78. The minimum absolute atomic E-state index is 0. The molecule has 0 radical (unpaired) electrons. The van der Waals surface area contributed by atoms with Gasteiger partial charge in [-0.1, -0.05) is 20.3 Å². The van der Waals surface area contributed by atoms with E-state index in [-0.39, 0.29) is 43.1 Å². The average molecular weight is 546 g/mol. The zero-order chi connectivity index (χ0) is 26.7. The van der Waals surface area contributed by atoms with Crippen LogP contribution in [0.1, 0.15) is 60.3 Å². The van der Waals surface area contributed by atoms with Crippen LogP contribution in [0.4, 0.5) is 24.8 Å². The van der Waals surface area contributed by atoms with E-state index in [0.29, 0.717) is 29.7 Å². The summed E-state index contributed by atoms with van der Waals surface area (Å²) < 4.78 is 72.9. The fourth-order valence-electron chi connectivity index (χ4n) is 4.45. The highest BCUT2D eigenvalue weighted by molar-refractivity contribution is 7.88. The smallest absolute Gasteiger partial charge is 0.419 e. The maximum Gasteiger partial charge on any atom is 0.419 e. The molecule has 1 saturated carbocycles. The SMILES string of the molecule is C.CNC(=O)c1cc(OC)c(Nc2ncc(C(F)(F)F)c(C[C@@H]3CCCC[C@H]3NS(C)(=O)=O)n2)cc1C. The number of halogens is 3. The third-order valence-corrected chi connectivity index (χ3v) is 6.90. The Morgan fingerprint density at radius 1 is 1.22 bits per heavy atom. The van der Waals surface area contributed by atoms with Crippen LogP contribution in [0.15, 0.2) is 18.3 Å². The van der Waals surface area contributed by atoms with Crippen LogP contribution >= 0.6 is 0 Å². The number of aryl methyl sites for hydroxylation is 1. The Balaban J connectivity index is 0.00000481. The van der Waals surface area contributed by atoms with Crippen LogP contribution < -0.4 is 20.1 Å². The number of methoxy groups -OCH3 is 1. The largest absolute Gasteiger partial charge is 0.495 e. The highest BCUT2D eigenvalue weighted by Gasteiger charge is 2.37. The first-order chi connectivity index (χ1) is 16.8. The second kappa shape index (κ2) is 12.1. The Labute approximate surface area is 215 Å². The van der Waals surface area contributed by atoms with Gasteiger partial charge < -0.3 is 15.4 Å². The van der Waals surface area contributed by atoms with Crippen LogP contribution in [0.2, 0.25) is 0 Å². The number of sulfonamides is 1. The van der Waals surface area contributed by atoms with Crippen molar-refractivity contribution in [1.82, 2.24) is 20.0 Å². The lowest BCUT2D eigenvalue weighted by molar-refractivity contribution is -0.138. The molecule has 0 aliphatic heterocycles. The molecule has 9 nitrogen and oxygen atoms in total. The van der Waals surface area contributed by atoms with Crippen molar-refractivity contribution < 1.29 is 31.1 Å². The predicted octanol–water partition coefficient (Wildman–Crippen LogP) is 4.20. The van der Waals surface area contributed by atoms with Gasteiger partial charge in [0.25, 0.3) is 5.91 Å². The molecule has 0 saturated heterocycles. The molecule has 1 aliphatic rings. The number of alkyl halides is 3. The van der Waals surface area contributed by atoms with E-state index in [0.717, 1.165) is 25.3 Å². The van der Waals surface area contributed by atoms with Crippen molar-refractivity contribution in [2.75, 3.05) is 25.7 Å². The summed E-state index contributed by atoms with van der Waals surface area (Å²) >= 11 is 0. The van der Waals surface area contributed by atoms with Gasteiger partial charge in [0.2, 0.25) is 16.0 Å². The van der Waals surface area contributed by atoms with Crippen molar-refractivity contribution >= 4 is 27.6 Å². The molecule has 1 heterocycles. The molecule has 206 valence electrons. The van der Waals surface area contributed by atoms with Crippen molar-refractivity contribution in [2.24, 2.45) is 5.92 Å². The van der Waals surface area contributed by atoms with Crippen LogP contribution in [-0.2, 0) is 22.6 Å². The number of carbonyl (C=O) groups excluding carboxylic acids is 1. The number of hydrogen-bond donors (Lipinski definition) is 3. The topological polar surface area (TPSA) is 122 Å². The Morgan fingerprint density at radius 3 is 2.49 bits per heavy atom. The normalized spacial score (nSPS) is 18.0. The number of anilines is 2. The number of nitrogens with one attached hydrogen (secondary N) is 3. The molecule has 2 aromatic rings. The van der Waals surface area contributed by atoms with Crippen LogP contribution in [0.5, 0.6) is 5.75 Å². The summed E-state index contributed by atoms with van der Waals surface area (Å²) in [6.07, 6.45) is -0.274. The number of ether oxygens (including phenoxy) is 1. The second-order valence-electron chi connectivity index (χ2n) is 8.87. The predicted molar refractivity (Wildman–Crippen MR) is 136 cm³/mol. The van der Waals surface area contributed by atoms with Crippen molar-refractivity contribution in [3.8, 4) is 5.75 Å². The van der Waals surface area contributed by atoms with Gasteiger partial charge in [0.05, 0.1) is 30.3 Å². The van der Waals surface area contributed by atoms with Crippen LogP contribution in [0.3, 0.4) is 0 Å².